The number of rotatable bonds is 4. The van der Waals surface area contributed by atoms with E-state index in [1.807, 2.05) is 59.3 Å². The van der Waals surface area contributed by atoms with Gasteiger partial charge in [0.2, 0.25) is 0 Å². The van der Waals surface area contributed by atoms with Gasteiger partial charge in [-0.2, -0.15) is 5.26 Å². The van der Waals surface area contributed by atoms with Gasteiger partial charge in [0.05, 0.1) is 6.54 Å². The van der Waals surface area contributed by atoms with Crippen molar-refractivity contribution in [3.05, 3.63) is 64.6 Å². The molecule has 0 aliphatic rings. The zero-order valence-electron chi connectivity index (χ0n) is 11.5. The average Bonchev–Trinajstić information content (AvgIpc) is 2.92. The summed E-state index contributed by atoms with van der Waals surface area (Å²) in [5.41, 5.74) is 2.99. The van der Waals surface area contributed by atoms with Crippen molar-refractivity contribution in [2.45, 2.75) is 11.6 Å². The van der Waals surface area contributed by atoms with Gasteiger partial charge in [0.15, 0.2) is 5.03 Å². The number of nitriles is 1. The third kappa shape index (κ3) is 3.21. The lowest BCUT2D eigenvalue weighted by Gasteiger charge is -2.07. The third-order valence-corrected chi connectivity index (χ3v) is 4.23. The van der Waals surface area contributed by atoms with Crippen LogP contribution in [0.1, 0.15) is 5.56 Å². The first kappa shape index (κ1) is 14.8. The van der Waals surface area contributed by atoms with Crippen LogP contribution >= 0.6 is 27.7 Å². The Balaban J connectivity index is 2.03. The van der Waals surface area contributed by atoms with E-state index in [1.54, 1.807) is 0 Å². The molecule has 22 heavy (non-hydrogen) atoms. The molecule has 4 nitrogen and oxygen atoms in total. The fraction of sp³-hybridized carbons (Fsp3) is 0.0625. The van der Waals surface area contributed by atoms with Crippen LogP contribution in [0.25, 0.3) is 11.3 Å². The molecule has 0 saturated carbocycles. The first-order chi connectivity index (χ1) is 10.8. The van der Waals surface area contributed by atoms with Gasteiger partial charge in [0.25, 0.3) is 0 Å². The molecule has 0 fully saturated rings. The number of thioether (sulfide) groups is 1. The second kappa shape index (κ2) is 6.77. The maximum Gasteiger partial charge on any atom is 0.161 e. The molecule has 2 aromatic carbocycles. The Morgan fingerprint density at radius 3 is 2.50 bits per heavy atom. The van der Waals surface area contributed by atoms with E-state index in [1.165, 1.54) is 0 Å². The number of thiocyanates is 1. The lowest BCUT2D eigenvalue weighted by Crippen LogP contribution is -2.04. The minimum absolute atomic E-state index is 0.616. The summed E-state index contributed by atoms with van der Waals surface area (Å²) in [4.78, 5) is 0. The van der Waals surface area contributed by atoms with Crippen molar-refractivity contribution in [3.63, 3.8) is 0 Å². The van der Waals surface area contributed by atoms with Crippen molar-refractivity contribution in [1.82, 2.24) is 15.0 Å². The normalized spacial score (nSPS) is 10.4. The average molecular weight is 371 g/mol. The Labute approximate surface area is 140 Å². The molecule has 0 aliphatic heterocycles. The van der Waals surface area contributed by atoms with Crippen molar-refractivity contribution in [3.8, 4) is 16.7 Å². The molecule has 0 saturated heterocycles. The van der Waals surface area contributed by atoms with Crippen molar-refractivity contribution in [2.24, 2.45) is 0 Å². The molecule has 3 rings (SSSR count). The molecule has 0 bridgehead atoms. The van der Waals surface area contributed by atoms with E-state index in [0.29, 0.717) is 11.6 Å². The molecule has 0 atom stereocenters. The molecule has 0 spiro atoms. The topological polar surface area (TPSA) is 54.5 Å². The van der Waals surface area contributed by atoms with Crippen LogP contribution in [-0.2, 0) is 6.54 Å². The summed E-state index contributed by atoms with van der Waals surface area (Å²) >= 11 is 4.47. The van der Waals surface area contributed by atoms with Gasteiger partial charge < -0.3 is 0 Å². The molecule has 6 heteroatoms. The summed E-state index contributed by atoms with van der Waals surface area (Å²) in [5.74, 6) is 0. The largest absolute Gasteiger partial charge is 0.239 e. The summed E-state index contributed by atoms with van der Waals surface area (Å²) < 4.78 is 2.84. The van der Waals surface area contributed by atoms with Crippen LogP contribution < -0.4 is 0 Å². The molecular formula is C16H11BrN4S. The van der Waals surface area contributed by atoms with Gasteiger partial charge in [-0.1, -0.05) is 63.6 Å². The lowest BCUT2D eigenvalue weighted by molar-refractivity contribution is 0.654. The van der Waals surface area contributed by atoms with Gasteiger partial charge >= 0.3 is 0 Å². The fourth-order valence-electron chi connectivity index (χ4n) is 2.16. The standard InChI is InChI=1S/C16H11BrN4S/c17-14-8-6-13(7-9-14)15-16(22-11-18)19-20-21(15)10-12-4-2-1-3-5-12/h1-9H,10H2. The molecule has 1 aromatic heterocycles. The molecular weight excluding hydrogens is 360 g/mol. The Morgan fingerprint density at radius 2 is 1.82 bits per heavy atom. The van der Waals surface area contributed by atoms with E-state index in [4.69, 9.17) is 5.26 Å². The van der Waals surface area contributed by atoms with E-state index in [2.05, 4.69) is 31.6 Å². The first-order valence-corrected chi connectivity index (χ1v) is 8.18. The summed E-state index contributed by atoms with van der Waals surface area (Å²) in [5, 5.41) is 20.0. The van der Waals surface area contributed by atoms with Crippen molar-refractivity contribution in [2.75, 3.05) is 0 Å². The maximum absolute atomic E-state index is 8.96. The van der Waals surface area contributed by atoms with Crippen LogP contribution in [-0.4, -0.2) is 15.0 Å². The quantitative estimate of drug-likeness (QED) is 0.506. The van der Waals surface area contributed by atoms with Gasteiger partial charge in [-0.25, -0.2) is 4.68 Å². The Bertz CT molecular complexity index is 806. The third-order valence-electron chi connectivity index (χ3n) is 3.14. The summed E-state index contributed by atoms with van der Waals surface area (Å²) in [6.45, 7) is 0.616. The molecule has 1 heterocycles. The van der Waals surface area contributed by atoms with Gasteiger partial charge in [-0.3, -0.25) is 0 Å². The number of nitrogens with zero attached hydrogens (tertiary/aromatic N) is 4. The highest BCUT2D eigenvalue weighted by Gasteiger charge is 2.16. The predicted octanol–water partition coefficient (Wildman–Crippen LogP) is 4.33. The summed E-state index contributed by atoms with van der Waals surface area (Å²) in [6.07, 6.45) is 0. The molecule has 3 aromatic rings. The first-order valence-electron chi connectivity index (χ1n) is 6.57. The van der Waals surface area contributed by atoms with Crippen LogP contribution in [0.5, 0.6) is 0 Å². The van der Waals surface area contributed by atoms with Gasteiger partial charge in [-0.15, -0.1) is 5.10 Å². The van der Waals surface area contributed by atoms with E-state index < -0.39 is 0 Å². The number of hydrogen-bond acceptors (Lipinski definition) is 4. The molecule has 0 N–H and O–H groups in total. The second-order valence-corrected chi connectivity index (χ2v) is 6.28. The SMILES string of the molecule is N#CSc1nnn(Cc2ccccc2)c1-c1ccc(Br)cc1. The monoisotopic (exact) mass is 370 g/mol. The van der Waals surface area contributed by atoms with Gasteiger partial charge in [0, 0.05) is 21.8 Å². The zero-order chi connectivity index (χ0) is 15.4. The van der Waals surface area contributed by atoms with Crippen LogP contribution in [0.2, 0.25) is 0 Å². The van der Waals surface area contributed by atoms with Crippen LogP contribution in [0.3, 0.4) is 0 Å². The molecule has 0 unspecified atom stereocenters. The zero-order valence-corrected chi connectivity index (χ0v) is 13.9. The van der Waals surface area contributed by atoms with Gasteiger partial charge in [0.1, 0.15) is 11.1 Å². The maximum atomic E-state index is 8.96. The summed E-state index contributed by atoms with van der Waals surface area (Å²) in [7, 11) is 0. The Morgan fingerprint density at radius 1 is 1.09 bits per heavy atom. The lowest BCUT2D eigenvalue weighted by atomic mass is 10.1. The molecule has 0 aliphatic carbocycles. The number of benzene rings is 2. The van der Waals surface area contributed by atoms with E-state index in [9.17, 15) is 0 Å². The number of halogens is 1. The van der Waals surface area contributed by atoms with Crippen molar-refractivity contribution >= 4 is 27.7 Å². The van der Waals surface area contributed by atoms with Gasteiger partial charge in [-0.05, 0) is 17.7 Å². The minimum Gasteiger partial charge on any atom is -0.239 e. The van der Waals surface area contributed by atoms with E-state index in [-0.39, 0.29) is 0 Å². The highest BCUT2D eigenvalue weighted by atomic mass is 79.9. The van der Waals surface area contributed by atoms with E-state index >= 15 is 0 Å². The summed E-state index contributed by atoms with van der Waals surface area (Å²) in [6, 6.07) is 18.0. The fourth-order valence-corrected chi connectivity index (χ4v) is 2.90. The van der Waals surface area contributed by atoms with Crippen molar-refractivity contribution < 1.29 is 0 Å². The highest BCUT2D eigenvalue weighted by molar-refractivity contribution is 9.10. The molecule has 0 amide bonds. The number of aromatic nitrogens is 3. The molecule has 0 radical (unpaired) electrons. The Kier molecular flexibility index (Phi) is 4.56. The second-order valence-electron chi connectivity index (χ2n) is 4.59. The Hall–Kier alpha value is -2.10. The highest BCUT2D eigenvalue weighted by Crippen LogP contribution is 2.30. The van der Waals surface area contributed by atoms with E-state index in [0.717, 1.165) is 33.1 Å². The van der Waals surface area contributed by atoms with Crippen LogP contribution in [0.15, 0.2) is 64.1 Å². The molecule has 108 valence electrons. The van der Waals surface area contributed by atoms with Crippen LogP contribution in [0.4, 0.5) is 0 Å². The minimum atomic E-state index is 0.616. The van der Waals surface area contributed by atoms with Crippen LogP contribution in [0, 0.1) is 10.7 Å². The number of hydrogen-bond donors (Lipinski definition) is 0. The smallest absolute Gasteiger partial charge is 0.161 e. The van der Waals surface area contributed by atoms with Crippen molar-refractivity contribution in [1.29, 1.82) is 5.26 Å². The predicted molar refractivity (Wildman–Crippen MR) is 90.2 cm³/mol.